The van der Waals surface area contributed by atoms with Crippen molar-refractivity contribution in [3.63, 3.8) is 0 Å². The van der Waals surface area contributed by atoms with Gasteiger partial charge in [-0.25, -0.2) is 0 Å². The summed E-state index contributed by atoms with van der Waals surface area (Å²) in [5.41, 5.74) is 5.61. The minimum absolute atomic E-state index is 0.0498. The summed E-state index contributed by atoms with van der Waals surface area (Å²) in [6.07, 6.45) is 0. The molecule has 3 heteroatoms. The van der Waals surface area contributed by atoms with Gasteiger partial charge in [-0.05, 0) is 0 Å². The standard InChI is InChI=1S/C7H14N2O/c1-7(2)4-9(3)6(10)5(7)8/h5H,4,8H2,1-3H3/t5-/m0/s1. The second-order valence-electron chi connectivity index (χ2n) is 3.66. The molecule has 1 amide bonds. The number of rotatable bonds is 0. The molecule has 58 valence electrons. The number of nitrogens with two attached hydrogens (primary N) is 1. The Morgan fingerprint density at radius 2 is 2.20 bits per heavy atom. The highest BCUT2D eigenvalue weighted by Gasteiger charge is 2.41. The highest BCUT2D eigenvalue weighted by Crippen LogP contribution is 2.27. The van der Waals surface area contributed by atoms with E-state index in [9.17, 15) is 4.79 Å². The second kappa shape index (κ2) is 1.95. The van der Waals surface area contributed by atoms with Gasteiger partial charge in [-0.1, -0.05) is 13.8 Å². The molecule has 3 nitrogen and oxygen atoms in total. The van der Waals surface area contributed by atoms with E-state index in [0.29, 0.717) is 0 Å². The van der Waals surface area contributed by atoms with Crippen LogP contribution in [0.5, 0.6) is 0 Å². The van der Waals surface area contributed by atoms with E-state index in [1.165, 1.54) is 0 Å². The summed E-state index contributed by atoms with van der Waals surface area (Å²) in [6.45, 7) is 4.80. The number of hydrogen-bond donors (Lipinski definition) is 1. The van der Waals surface area contributed by atoms with Crippen LogP contribution in [0, 0.1) is 5.41 Å². The first kappa shape index (κ1) is 7.54. The third-order valence-electron chi connectivity index (χ3n) is 2.13. The molecular formula is C7H14N2O. The molecule has 0 aromatic rings. The number of carbonyl (C=O) groups excluding carboxylic acids is 1. The molecule has 2 N–H and O–H groups in total. The minimum Gasteiger partial charge on any atom is -0.344 e. The van der Waals surface area contributed by atoms with Crippen LogP contribution in [-0.4, -0.2) is 30.4 Å². The van der Waals surface area contributed by atoms with Gasteiger partial charge >= 0.3 is 0 Å². The van der Waals surface area contributed by atoms with Crippen molar-refractivity contribution in [2.45, 2.75) is 19.9 Å². The highest BCUT2D eigenvalue weighted by molar-refractivity contribution is 5.84. The number of likely N-dealkylation sites (tertiary alicyclic amines) is 1. The van der Waals surface area contributed by atoms with Crippen LogP contribution in [0.15, 0.2) is 0 Å². The maximum Gasteiger partial charge on any atom is 0.239 e. The molecule has 1 atom stereocenters. The van der Waals surface area contributed by atoms with Crippen LogP contribution in [0.2, 0.25) is 0 Å². The second-order valence-corrected chi connectivity index (χ2v) is 3.66. The molecule has 0 spiro atoms. The van der Waals surface area contributed by atoms with Crippen LogP contribution < -0.4 is 5.73 Å². The van der Waals surface area contributed by atoms with Gasteiger partial charge < -0.3 is 10.6 Å². The number of likely N-dealkylation sites (N-methyl/N-ethyl adjacent to an activating group) is 1. The Morgan fingerprint density at radius 1 is 1.70 bits per heavy atom. The molecule has 1 aliphatic rings. The number of hydrogen-bond acceptors (Lipinski definition) is 2. The van der Waals surface area contributed by atoms with Gasteiger partial charge in [-0.3, -0.25) is 4.79 Å². The zero-order valence-corrected chi connectivity index (χ0v) is 6.72. The zero-order valence-electron chi connectivity index (χ0n) is 6.72. The third-order valence-corrected chi connectivity index (χ3v) is 2.13. The average Bonchev–Trinajstić information content (AvgIpc) is 1.95. The van der Waals surface area contributed by atoms with Gasteiger partial charge in [0.05, 0.1) is 6.04 Å². The Balaban J connectivity index is 2.81. The van der Waals surface area contributed by atoms with Crippen molar-refractivity contribution >= 4 is 5.91 Å². The van der Waals surface area contributed by atoms with Crippen LogP contribution >= 0.6 is 0 Å². The molecule has 1 fully saturated rings. The summed E-state index contributed by atoms with van der Waals surface area (Å²) in [5, 5.41) is 0. The fourth-order valence-corrected chi connectivity index (χ4v) is 1.36. The third kappa shape index (κ3) is 0.904. The van der Waals surface area contributed by atoms with Gasteiger partial charge in [0.1, 0.15) is 0 Å². The Morgan fingerprint density at radius 3 is 2.30 bits per heavy atom. The van der Waals surface area contributed by atoms with Crippen LogP contribution in [0.25, 0.3) is 0 Å². The number of amides is 1. The minimum atomic E-state index is -0.308. The van der Waals surface area contributed by atoms with Crippen LogP contribution in [-0.2, 0) is 4.79 Å². The lowest BCUT2D eigenvalue weighted by Gasteiger charge is -2.19. The first-order valence-electron chi connectivity index (χ1n) is 3.46. The van der Waals surface area contributed by atoms with E-state index in [-0.39, 0.29) is 17.4 Å². The Kier molecular flexibility index (Phi) is 1.47. The molecule has 0 aromatic heterocycles. The van der Waals surface area contributed by atoms with E-state index in [1.54, 1.807) is 11.9 Å². The maximum absolute atomic E-state index is 11.1. The average molecular weight is 142 g/mol. The van der Waals surface area contributed by atoms with Gasteiger partial charge in [0.25, 0.3) is 0 Å². The lowest BCUT2D eigenvalue weighted by atomic mass is 9.88. The predicted molar refractivity (Wildman–Crippen MR) is 39.4 cm³/mol. The molecule has 0 unspecified atom stereocenters. The van der Waals surface area contributed by atoms with Gasteiger partial charge in [0, 0.05) is 19.0 Å². The SMILES string of the molecule is CN1CC(C)(C)[C@@H](N)C1=O. The van der Waals surface area contributed by atoms with E-state index >= 15 is 0 Å². The molecule has 1 aliphatic heterocycles. The van der Waals surface area contributed by atoms with E-state index in [4.69, 9.17) is 5.73 Å². The summed E-state index contributed by atoms with van der Waals surface area (Å²) < 4.78 is 0. The molecule has 0 saturated carbocycles. The van der Waals surface area contributed by atoms with Crippen molar-refractivity contribution in [2.24, 2.45) is 11.1 Å². The largest absolute Gasteiger partial charge is 0.344 e. The zero-order chi connectivity index (χ0) is 7.94. The fraction of sp³-hybridized carbons (Fsp3) is 0.857. The van der Waals surface area contributed by atoms with Crippen molar-refractivity contribution in [3.05, 3.63) is 0 Å². The molecule has 0 aromatic carbocycles. The molecule has 0 radical (unpaired) electrons. The fourth-order valence-electron chi connectivity index (χ4n) is 1.36. The first-order chi connectivity index (χ1) is 4.45. The normalized spacial score (nSPS) is 31.4. The monoisotopic (exact) mass is 142 g/mol. The molecular weight excluding hydrogens is 128 g/mol. The van der Waals surface area contributed by atoms with Crippen LogP contribution in [0.1, 0.15) is 13.8 Å². The van der Waals surface area contributed by atoms with Gasteiger partial charge in [0.2, 0.25) is 5.91 Å². The first-order valence-corrected chi connectivity index (χ1v) is 3.46. The Hall–Kier alpha value is -0.570. The Labute approximate surface area is 61.2 Å². The molecule has 0 aliphatic carbocycles. The summed E-state index contributed by atoms with van der Waals surface area (Å²) in [6, 6.07) is -0.308. The van der Waals surface area contributed by atoms with Gasteiger partial charge in [-0.2, -0.15) is 0 Å². The van der Waals surface area contributed by atoms with Crippen molar-refractivity contribution in [1.29, 1.82) is 0 Å². The number of nitrogens with zero attached hydrogens (tertiary/aromatic N) is 1. The summed E-state index contributed by atoms with van der Waals surface area (Å²) in [5.74, 6) is 0.0602. The maximum atomic E-state index is 11.1. The van der Waals surface area contributed by atoms with E-state index < -0.39 is 0 Å². The smallest absolute Gasteiger partial charge is 0.239 e. The topological polar surface area (TPSA) is 46.3 Å². The van der Waals surface area contributed by atoms with E-state index in [0.717, 1.165) is 6.54 Å². The highest BCUT2D eigenvalue weighted by atomic mass is 16.2. The van der Waals surface area contributed by atoms with E-state index in [2.05, 4.69) is 0 Å². The lowest BCUT2D eigenvalue weighted by molar-refractivity contribution is -0.127. The molecule has 0 bridgehead atoms. The quantitative estimate of drug-likeness (QED) is 0.509. The van der Waals surface area contributed by atoms with Crippen LogP contribution in [0.4, 0.5) is 0 Å². The summed E-state index contributed by atoms with van der Waals surface area (Å²) in [7, 11) is 1.79. The Bertz CT molecular complexity index is 165. The molecule has 1 saturated heterocycles. The summed E-state index contributed by atoms with van der Waals surface area (Å²) in [4.78, 5) is 12.8. The van der Waals surface area contributed by atoms with Crippen molar-refractivity contribution < 1.29 is 4.79 Å². The molecule has 10 heavy (non-hydrogen) atoms. The molecule has 1 rings (SSSR count). The van der Waals surface area contributed by atoms with E-state index in [1.807, 2.05) is 13.8 Å². The molecule has 1 heterocycles. The van der Waals surface area contributed by atoms with Gasteiger partial charge in [0.15, 0.2) is 0 Å². The predicted octanol–water partition coefficient (Wildman–Crippen LogP) is -0.188. The van der Waals surface area contributed by atoms with Crippen LogP contribution in [0.3, 0.4) is 0 Å². The number of carbonyl (C=O) groups is 1. The van der Waals surface area contributed by atoms with Gasteiger partial charge in [-0.15, -0.1) is 0 Å². The van der Waals surface area contributed by atoms with Crippen molar-refractivity contribution in [3.8, 4) is 0 Å². The summed E-state index contributed by atoms with van der Waals surface area (Å²) >= 11 is 0. The van der Waals surface area contributed by atoms with Crippen molar-refractivity contribution in [2.75, 3.05) is 13.6 Å². The lowest BCUT2D eigenvalue weighted by Crippen LogP contribution is -2.38. The van der Waals surface area contributed by atoms with Crippen molar-refractivity contribution in [1.82, 2.24) is 4.90 Å².